The predicted octanol–water partition coefficient (Wildman–Crippen LogP) is -2.65. The van der Waals surface area contributed by atoms with Crippen LogP contribution < -0.4 is 37.8 Å². The van der Waals surface area contributed by atoms with Crippen LogP contribution in [0.5, 0.6) is 0 Å². The van der Waals surface area contributed by atoms with Gasteiger partial charge < -0.3 is 45.1 Å². The van der Waals surface area contributed by atoms with Gasteiger partial charge in [0.05, 0.1) is 35.3 Å². The molecule has 0 bridgehead atoms. The molecule has 0 fully saturated rings. The quantitative estimate of drug-likeness (QED) is 0.131. The molecule has 0 spiro atoms. The second-order valence-corrected chi connectivity index (χ2v) is 16.7. The Morgan fingerprint density at radius 3 is 0.765 bits per heavy atom. The molecule has 2 aromatic heterocycles. The van der Waals surface area contributed by atoms with Crippen molar-refractivity contribution in [3.8, 4) is 11.4 Å². The zero-order valence-electron chi connectivity index (χ0n) is 26.6. The van der Waals surface area contributed by atoms with Crippen molar-refractivity contribution in [2.45, 2.75) is 0 Å². The molecule has 0 aliphatic rings. The molecule has 51 heavy (non-hydrogen) atoms. The number of carbonyl (C=O) groups is 4. The number of aliphatic carboxylic acids is 4. The number of rotatable bonds is 5. The van der Waals surface area contributed by atoms with Crippen LogP contribution in [0.4, 0.5) is 0 Å². The average Bonchev–Trinajstić information content (AvgIpc) is 3.15. The van der Waals surface area contributed by atoms with Gasteiger partial charge in [0.2, 0.25) is 0 Å². The zero-order valence-corrected chi connectivity index (χ0v) is 29.6. The molecule has 0 unspecified atom stereocenters. The molecule has 0 saturated heterocycles. The van der Waals surface area contributed by atoms with Gasteiger partial charge in [-0.25, -0.2) is 0 Å². The summed E-state index contributed by atoms with van der Waals surface area (Å²) in [7, 11) is 0. The predicted molar refractivity (Wildman–Crippen MR) is 181 cm³/mol. The van der Waals surface area contributed by atoms with Crippen LogP contribution in [0.3, 0.4) is 0 Å². The molecule has 0 amide bonds. The van der Waals surface area contributed by atoms with E-state index in [9.17, 15) is 0 Å². The Morgan fingerprint density at radius 2 is 0.588 bits per heavy atom. The van der Waals surface area contributed by atoms with Gasteiger partial charge in [-0.2, -0.15) is 0 Å². The van der Waals surface area contributed by atoms with Crippen LogP contribution in [-0.2, 0) is 36.2 Å². The molecular formula is C38H30AsFeN2O9. The van der Waals surface area contributed by atoms with Crippen molar-refractivity contribution < 1.29 is 62.1 Å². The molecule has 6 rings (SSSR count). The van der Waals surface area contributed by atoms with E-state index >= 15 is 0 Å². The van der Waals surface area contributed by atoms with Crippen molar-refractivity contribution in [1.82, 2.24) is 9.97 Å². The third-order valence-corrected chi connectivity index (χ3v) is 15.5. The molecule has 13 heteroatoms. The third-order valence-electron chi connectivity index (χ3n) is 6.50. The molecule has 0 aliphatic heterocycles. The van der Waals surface area contributed by atoms with E-state index in [4.69, 9.17) is 39.6 Å². The van der Waals surface area contributed by atoms with Gasteiger partial charge in [-0.05, 0) is 24.3 Å². The summed E-state index contributed by atoms with van der Waals surface area (Å²) in [4.78, 5) is 44.1. The van der Waals surface area contributed by atoms with Crippen molar-refractivity contribution in [1.29, 1.82) is 0 Å². The van der Waals surface area contributed by atoms with Crippen LogP contribution in [-0.4, -0.2) is 52.9 Å². The number of aromatic nitrogens is 2. The fourth-order valence-corrected chi connectivity index (χ4v) is 13.5. The van der Waals surface area contributed by atoms with Gasteiger partial charge in [-0.15, -0.1) is 0 Å². The molecule has 1 radical (unpaired) electrons. The first-order valence-corrected chi connectivity index (χ1v) is 18.2. The minimum atomic E-state index is -2.77. The molecule has 259 valence electrons. The van der Waals surface area contributed by atoms with E-state index in [0.29, 0.717) is 0 Å². The number of carboxylic acids is 4. The second-order valence-electron chi connectivity index (χ2n) is 9.59. The molecule has 0 saturated carbocycles. The van der Waals surface area contributed by atoms with Crippen molar-refractivity contribution >= 4 is 54.8 Å². The monoisotopic (exact) mass is 789 g/mol. The van der Waals surface area contributed by atoms with Crippen LogP contribution in [0.2, 0.25) is 0 Å². The summed E-state index contributed by atoms with van der Waals surface area (Å²) in [5, 5.41) is 35.7. The molecule has 6 aromatic rings. The maximum atomic E-state index is 8.93. The molecule has 4 aromatic carbocycles. The molecule has 2 heterocycles. The topological polar surface area (TPSA) is 218 Å². The van der Waals surface area contributed by atoms with Gasteiger partial charge in [-0.3, -0.25) is 9.97 Å². The van der Waals surface area contributed by atoms with E-state index in [1.807, 2.05) is 36.4 Å². The van der Waals surface area contributed by atoms with Crippen LogP contribution in [0.25, 0.3) is 11.4 Å². The fraction of sp³-hybridized carbons (Fsp3) is 0. The molecule has 2 N–H and O–H groups in total. The third kappa shape index (κ3) is 12.8. The zero-order chi connectivity index (χ0) is 35.5. The summed E-state index contributed by atoms with van der Waals surface area (Å²) in [5.41, 5.74) is 1.83. The van der Waals surface area contributed by atoms with Crippen molar-refractivity contribution in [2.24, 2.45) is 0 Å². The summed E-state index contributed by atoms with van der Waals surface area (Å²) in [6.45, 7) is 0. The number of pyridine rings is 2. The Hall–Kier alpha value is -5.90. The summed E-state index contributed by atoms with van der Waals surface area (Å²) < 4.78 is 5.79. The molecular weight excluding hydrogens is 759 g/mol. The van der Waals surface area contributed by atoms with Gasteiger partial charge in [0.25, 0.3) is 0 Å². The van der Waals surface area contributed by atoms with Gasteiger partial charge in [-0.1, -0.05) is 12.1 Å². The first-order valence-electron chi connectivity index (χ1n) is 14.5. The van der Waals surface area contributed by atoms with Gasteiger partial charge in [0, 0.05) is 12.4 Å². The van der Waals surface area contributed by atoms with Crippen molar-refractivity contribution in [2.75, 3.05) is 0 Å². The minimum absolute atomic E-state index is 0. The Labute approximate surface area is 307 Å². The van der Waals surface area contributed by atoms with Gasteiger partial charge >= 0.3 is 169 Å². The number of carboxylic acid groups (broad SMARTS) is 4. The van der Waals surface area contributed by atoms with E-state index in [1.165, 1.54) is 17.4 Å². The van der Waals surface area contributed by atoms with Crippen LogP contribution in [0.1, 0.15) is 0 Å². The number of hydrogen-bond acceptors (Lipinski definition) is 10. The summed E-state index contributed by atoms with van der Waals surface area (Å²) in [5.74, 6) is -8.74. The standard InChI is InChI=1S/C24H20As.C10H8N2.2C2H2O4.Fe.H2O/c1-5-13-21(14-6-1)25(22-15-7-2-8-16-22,23-17-9-3-10-18-23)24-19-11-4-12-20-24;1-3-7-11-9(5-1)10-6-2-4-8-12-10;2*3-1(4)2(5)6;;/h1-20H;1-8H;2*(H,3,4)(H,5,6);;1H2/q+1;;;;+3;/p-4. The van der Waals surface area contributed by atoms with E-state index in [1.54, 1.807) is 12.4 Å². The summed E-state index contributed by atoms with van der Waals surface area (Å²) in [6, 6.07) is 55.8. The number of benzene rings is 4. The van der Waals surface area contributed by atoms with Crippen molar-refractivity contribution in [3.05, 3.63) is 170 Å². The fourth-order valence-electron chi connectivity index (χ4n) is 4.53. The summed E-state index contributed by atoms with van der Waals surface area (Å²) in [6.07, 6.45) is 3.54. The average molecular weight is 789 g/mol. The van der Waals surface area contributed by atoms with E-state index in [0.717, 1.165) is 11.4 Å². The van der Waals surface area contributed by atoms with E-state index in [2.05, 4.69) is 131 Å². The molecule has 0 aliphatic carbocycles. The Morgan fingerprint density at radius 1 is 0.373 bits per heavy atom. The first kappa shape index (κ1) is 43.1. The maximum absolute atomic E-state index is 8.93. The Bertz CT molecular complexity index is 1660. The van der Waals surface area contributed by atoms with Crippen molar-refractivity contribution in [3.63, 3.8) is 0 Å². The van der Waals surface area contributed by atoms with Crippen LogP contribution >= 0.6 is 0 Å². The van der Waals surface area contributed by atoms with Crippen LogP contribution in [0, 0.1) is 0 Å². The SMILES string of the molecule is O.O=C([O-])C(=O)[O-].O=C([O-])C(=O)[O-].[Fe+3].c1ccc(-c2ccccn2)nc1.c1ccc([As+](c2ccccc2)(c2ccccc2)c2ccccc2)cc1. The molecule has 11 nitrogen and oxygen atoms in total. The number of carbonyl (C=O) groups excluding carboxylic acids is 4. The number of nitrogens with zero attached hydrogens (tertiary/aromatic N) is 2. The van der Waals surface area contributed by atoms with Gasteiger partial charge in [0.15, 0.2) is 0 Å². The van der Waals surface area contributed by atoms with Crippen LogP contribution in [0.15, 0.2) is 170 Å². The van der Waals surface area contributed by atoms with Gasteiger partial charge in [0.1, 0.15) is 0 Å². The van der Waals surface area contributed by atoms with E-state index < -0.39 is 37.4 Å². The Kier molecular flexibility index (Phi) is 19.2. The second kappa shape index (κ2) is 22.7. The number of hydrogen-bond donors (Lipinski definition) is 0. The molecule has 0 atom stereocenters. The Balaban J connectivity index is 0.000000416. The van der Waals surface area contributed by atoms with E-state index in [-0.39, 0.29) is 22.5 Å². The normalized spacial score (nSPS) is 9.49. The summed E-state index contributed by atoms with van der Waals surface area (Å²) >= 11 is -2.77. The first-order chi connectivity index (χ1) is 23.7.